The highest BCUT2D eigenvalue weighted by molar-refractivity contribution is 6.04. The Hall–Kier alpha value is -4.11. The van der Waals surface area contributed by atoms with Gasteiger partial charge in [-0.2, -0.15) is 5.10 Å². The van der Waals surface area contributed by atoms with Crippen LogP contribution in [0.3, 0.4) is 0 Å². The lowest BCUT2D eigenvalue weighted by atomic mass is 10.1. The first-order chi connectivity index (χ1) is 17.7. The number of hydrogen-bond acceptors (Lipinski definition) is 7. The summed E-state index contributed by atoms with van der Waals surface area (Å²) < 4.78 is 1.38. The van der Waals surface area contributed by atoms with E-state index in [9.17, 15) is 9.59 Å². The number of nitrogens with one attached hydrogen (secondary N) is 1. The number of rotatable bonds is 8. The van der Waals surface area contributed by atoms with Crippen molar-refractivity contribution in [3.05, 3.63) is 94.7 Å². The molecule has 9 nitrogen and oxygen atoms in total. The van der Waals surface area contributed by atoms with Crippen LogP contribution in [0.25, 0.3) is 10.8 Å². The van der Waals surface area contributed by atoms with E-state index in [0.717, 1.165) is 50.7 Å². The lowest BCUT2D eigenvalue weighted by Gasteiger charge is -2.34. The molecule has 184 valence electrons. The molecule has 0 saturated carbocycles. The molecule has 9 heteroatoms. The topological polar surface area (TPSA) is 96.2 Å². The smallest absolute Gasteiger partial charge is 0.274 e. The number of aromatic nitrogens is 4. The van der Waals surface area contributed by atoms with Crippen LogP contribution in [-0.4, -0.2) is 69.8 Å². The fourth-order valence-corrected chi connectivity index (χ4v) is 4.48. The average molecular weight is 484 g/mol. The third-order valence-corrected chi connectivity index (χ3v) is 6.40. The molecule has 36 heavy (non-hydrogen) atoms. The third kappa shape index (κ3) is 5.41. The van der Waals surface area contributed by atoms with Crippen molar-refractivity contribution in [3.8, 4) is 0 Å². The Bertz CT molecular complexity index is 1370. The van der Waals surface area contributed by atoms with Crippen molar-refractivity contribution >= 4 is 22.6 Å². The Kier molecular flexibility index (Phi) is 7.28. The van der Waals surface area contributed by atoms with Crippen LogP contribution in [0.2, 0.25) is 0 Å². The molecule has 1 saturated heterocycles. The molecule has 0 spiro atoms. The molecule has 2 aromatic heterocycles. The van der Waals surface area contributed by atoms with Gasteiger partial charge < -0.3 is 10.2 Å². The number of benzene rings is 2. The van der Waals surface area contributed by atoms with Crippen LogP contribution in [0.1, 0.15) is 22.5 Å². The van der Waals surface area contributed by atoms with Crippen LogP contribution in [0, 0.1) is 0 Å². The highest BCUT2D eigenvalue weighted by Crippen LogP contribution is 2.14. The van der Waals surface area contributed by atoms with Crippen molar-refractivity contribution in [2.45, 2.75) is 13.0 Å². The quantitative estimate of drug-likeness (QED) is 0.384. The minimum atomic E-state index is -0.265. The maximum absolute atomic E-state index is 13.1. The summed E-state index contributed by atoms with van der Waals surface area (Å²) in [6, 6.07) is 18.6. The maximum atomic E-state index is 13.1. The van der Waals surface area contributed by atoms with E-state index in [1.54, 1.807) is 24.5 Å². The number of fused-ring (bicyclic) bond motifs is 1. The minimum absolute atomic E-state index is 0.203. The van der Waals surface area contributed by atoms with Gasteiger partial charge in [0.2, 0.25) is 5.95 Å². The SMILES string of the molecule is O=C(NCCCN1CCN(c2ncccn2)CC1)c1nn(Cc2ccccc2)c(=O)c2ccccc12. The second kappa shape index (κ2) is 11.1. The Morgan fingerprint density at radius 2 is 1.56 bits per heavy atom. The monoisotopic (exact) mass is 483 g/mol. The summed E-state index contributed by atoms with van der Waals surface area (Å²) in [7, 11) is 0. The summed E-state index contributed by atoms with van der Waals surface area (Å²) in [5, 5.41) is 8.53. The molecule has 5 rings (SSSR count). The zero-order chi connectivity index (χ0) is 24.7. The van der Waals surface area contributed by atoms with Gasteiger partial charge in [0.15, 0.2) is 5.69 Å². The Morgan fingerprint density at radius 3 is 2.31 bits per heavy atom. The standard InChI is InChI=1S/C27H29N7O2/c35-25(28-14-7-15-32-16-18-33(19-17-32)27-29-12-6-13-30-27)24-22-10-4-5-11-23(22)26(36)34(31-24)20-21-8-2-1-3-9-21/h1-6,8-13H,7,14-20H2,(H,28,35). The van der Waals surface area contributed by atoms with E-state index in [-0.39, 0.29) is 17.2 Å². The van der Waals surface area contributed by atoms with Gasteiger partial charge in [-0.15, -0.1) is 0 Å². The summed E-state index contributed by atoms with van der Waals surface area (Å²) >= 11 is 0. The van der Waals surface area contributed by atoms with Gasteiger partial charge in [-0.05, 0) is 30.7 Å². The van der Waals surface area contributed by atoms with E-state index < -0.39 is 0 Å². The summed E-state index contributed by atoms with van der Waals surface area (Å²) in [6.07, 6.45) is 4.36. The number of nitrogens with zero attached hydrogens (tertiary/aromatic N) is 6. The van der Waals surface area contributed by atoms with Gasteiger partial charge in [0, 0.05) is 50.5 Å². The van der Waals surface area contributed by atoms with E-state index in [1.807, 2.05) is 48.5 Å². The highest BCUT2D eigenvalue weighted by atomic mass is 16.2. The number of hydrogen-bond donors (Lipinski definition) is 1. The van der Waals surface area contributed by atoms with Gasteiger partial charge in [-0.25, -0.2) is 14.6 Å². The predicted molar refractivity (Wildman–Crippen MR) is 139 cm³/mol. The lowest BCUT2D eigenvalue weighted by molar-refractivity contribution is 0.0946. The van der Waals surface area contributed by atoms with E-state index in [2.05, 4.69) is 30.2 Å². The van der Waals surface area contributed by atoms with E-state index >= 15 is 0 Å². The Morgan fingerprint density at radius 1 is 0.861 bits per heavy atom. The van der Waals surface area contributed by atoms with Gasteiger partial charge in [-0.1, -0.05) is 48.5 Å². The Balaban J connectivity index is 1.19. The first kappa shape index (κ1) is 23.6. The molecule has 0 unspecified atom stereocenters. The van der Waals surface area contributed by atoms with Crippen molar-refractivity contribution in [2.75, 3.05) is 44.2 Å². The molecule has 1 aliphatic rings. The van der Waals surface area contributed by atoms with Gasteiger partial charge in [0.05, 0.1) is 11.9 Å². The zero-order valence-corrected chi connectivity index (χ0v) is 20.1. The summed E-state index contributed by atoms with van der Waals surface area (Å²) in [4.78, 5) is 39.4. The van der Waals surface area contributed by atoms with Crippen molar-refractivity contribution in [1.82, 2.24) is 30.0 Å². The summed E-state index contributed by atoms with van der Waals surface area (Å²) in [6.45, 7) is 5.38. The first-order valence-electron chi connectivity index (χ1n) is 12.3. The number of carbonyl (C=O) groups is 1. The van der Waals surface area contributed by atoms with Crippen molar-refractivity contribution in [3.63, 3.8) is 0 Å². The maximum Gasteiger partial charge on any atom is 0.274 e. The van der Waals surface area contributed by atoms with Crippen LogP contribution >= 0.6 is 0 Å². The normalized spacial score (nSPS) is 14.2. The van der Waals surface area contributed by atoms with Crippen molar-refractivity contribution < 1.29 is 4.79 Å². The molecule has 1 fully saturated rings. The fourth-order valence-electron chi connectivity index (χ4n) is 4.48. The van der Waals surface area contributed by atoms with Gasteiger partial charge >= 0.3 is 0 Å². The lowest BCUT2D eigenvalue weighted by Crippen LogP contribution is -2.47. The van der Waals surface area contributed by atoms with Gasteiger partial charge in [-0.3, -0.25) is 14.5 Å². The zero-order valence-electron chi connectivity index (χ0n) is 20.1. The van der Waals surface area contributed by atoms with Crippen LogP contribution in [-0.2, 0) is 6.54 Å². The molecule has 0 aliphatic carbocycles. The minimum Gasteiger partial charge on any atom is -0.351 e. The van der Waals surface area contributed by atoms with Gasteiger partial charge in [0.25, 0.3) is 11.5 Å². The van der Waals surface area contributed by atoms with Crippen LogP contribution in [0.5, 0.6) is 0 Å². The number of anilines is 1. The molecule has 4 aromatic rings. The number of piperazine rings is 1. The summed E-state index contributed by atoms with van der Waals surface area (Å²) in [5.74, 6) is 0.511. The Labute approximate surface area is 209 Å². The molecular formula is C27H29N7O2. The molecule has 0 bridgehead atoms. The van der Waals surface area contributed by atoms with Crippen molar-refractivity contribution in [2.24, 2.45) is 0 Å². The van der Waals surface area contributed by atoms with E-state index in [1.165, 1.54) is 4.68 Å². The van der Waals surface area contributed by atoms with Crippen molar-refractivity contribution in [1.29, 1.82) is 0 Å². The molecule has 3 heterocycles. The largest absolute Gasteiger partial charge is 0.351 e. The second-order valence-electron chi connectivity index (χ2n) is 8.83. The molecule has 0 atom stereocenters. The molecule has 1 amide bonds. The third-order valence-electron chi connectivity index (χ3n) is 6.40. The highest BCUT2D eigenvalue weighted by Gasteiger charge is 2.19. The molecule has 1 N–H and O–H groups in total. The summed E-state index contributed by atoms with van der Waals surface area (Å²) in [5.41, 5.74) is 1.02. The predicted octanol–water partition coefficient (Wildman–Crippen LogP) is 2.18. The van der Waals surface area contributed by atoms with Crippen LogP contribution < -0.4 is 15.8 Å². The van der Waals surface area contributed by atoms with E-state index in [0.29, 0.717) is 23.9 Å². The second-order valence-corrected chi connectivity index (χ2v) is 8.83. The average Bonchev–Trinajstić information content (AvgIpc) is 2.94. The molecular weight excluding hydrogens is 454 g/mol. The van der Waals surface area contributed by atoms with Crippen LogP contribution in [0.4, 0.5) is 5.95 Å². The van der Waals surface area contributed by atoms with Crippen LogP contribution in [0.15, 0.2) is 77.9 Å². The molecule has 1 aliphatic heterocycles. The fraction of sp³-hybridized carbons (Fsp3) is 0.296. The first-order valence-corrected chi connectivity index (χ1v) is 12.3. The van der Waals surface area contributed by atoms with E-state index in [4.69, 9.17) is 0 Å². The molecule has 0 radical (unpaired) electrons. The number of carbonyl (C=O) groups excluding carboxylic acids is 1. The molecule has 2 aromatic carbocycles. The van der Waals surface area contributed by atoms with Gasteiger partial charge in [0.1, 0.15) is 0 Å². The number of amides is 1.